The molecule has 4 nitrogen and oxygen atoms in total. The molecule has 0 N–H and O–H groups in total. The van der Waals surface area contributed by atoms with Crippen molar-refractivity contribution in [3.63, 3.8) is 0 Å². The Labute approximate surface area is 129 Å². The number of hydrogen-bond donors (Lipinski definition) is 0. The van der Waals surface area contributed by atoms with E-state index in [1.54, 1.807) is 19.6 Å². The molecular weight excluding hydrogens is 391 g/mol. The second-order valence-corrected chi connectivity index (χ2v) is 12.6. The van der Waals surface area contributed by atoms with Crippen molar-refractivity contribution in [3.05, 3.63) is 22.2 Å². The molecule has 1 aromatic carbocycles. The summed E-state index contributed by atoms with van der Waals surface area (Å²) in [7, 11) is -8.02. The van der Waals surface area contributed by atoms with Crippen LogP contribution in [-0.2, 0) is 10.1 Å². The summed E-state index contributed by atoms with van der Waals surface area (Å²) >= 11 is 2.96. The Balaban J connectivity index is 3.55. The number of benzene rings is 1. The summed E-state index contributed by atoms with van der Waals surface area (Å²) in [6, 6.07) is 4.44. The fourth-order valence-electron chi connectivity index (χ4n) is 1.46. The van der Waals surface area contributed by atoms with Crippen LogP contribution >= 0.6 is 15.9 Å². The zero-order chi connectivity index (χ0) is 16.6. The highest BCUT2D eigenvalue weighted by Crippen LogP contribution is 2.32. The lowest BCUT2D eigenvalue weighted by molar-refractivity contribution is -0.0499. The predicted octanol–water partition coefficient (Wildman–Crippen LogP) is 3.09. The Kier molecular flexibility index (Phi) is 4.82. The average molecular weight is 402 g/mol. The van der Waals surface area contributed by atoms with Crippen molar-refractivity contribution < 1.29 is 25.8 Å². The van der Waals surface area contributed by atoms with Gasteiger partial charge in [0.25, 0.3) is 0 Å². The zero-order valence-corrected chi connectivity index (χ0v) is 14.6. The summed E-state index contributed by atoms with van der Waals surface area (Å²) in [6.07, 6.45) is 0. The number of halogens is 4. The van der Waals surface area contributed by atoms with Crippen molar-refractivity contribution >= 4 is 39.3 Å². The lowest BCUT2D eigenvalue weighted by Gasteiger charge is -2.22. The Morgan fingerprint density at radius 3 is 2.19 bits per heavy atom. The average Bonchev–Trinajstić information content (AvgIpc) is 2.28. The molecule has 0 spiro atoms. The minimum absolute atomic E-state index is 0.00759. The zero-order valence-electron chi connectivity index (χ0n) is 11.2. The monoisotopic (exact) mass is 401 g/mol. The van der Waals surface area contributed by atoms with Crippen molar-refractivity contribution in [1.29, 1.82) is 5.26 Å². The fourth-order valence-corrected chi connectivity index (χ4v) is 4.31. The van der Waals surface area contributed by atoms with E-state index in [0.29, 0.717) is 5.19 Å². The normalized spacial score (nSPS) is 12.9. The van der Waals surface area contributed by atoms with Gasteiger partial charge in [0.1, 0.15) is 0 Å². The number of rotatable bonds is 3. The standard InChI is InChI=1S/C11H11BrF3NO3SSi/c1-21(2,3)9-5-7(6-16)4-8(12)10(9)19-20(17,18)11(13,14)15/h4-5H,1-3H3. The van der Waals surface area contributed by atoms with Crippen LogP contribution in [0.3, 0.4) is 0 Å². The van der Waals surface area contributed by atoms with Gasteiger partial charge in [-0.1, -0.05) is 19.6 Å². The van der Waals surface area contributed by atoms with Gasteiger partial charge in [0, 0.05) is 0 Å². The lowest BCUT2D eigenvalue weighted by atomic mass is 10.2. The third-order valence-electron chi connectivity index (χ3n) is 2.46. The van der Waals surface area contributed by atoms with Gasteiger partial charge in [-0.15, -0.1) is 0 Å². The van der Waals surface area contributed by atoms with E-state index in [2.05, 4.69) is 20.1 Å². The van der Waals surface area contributed by atoms with Crippen LogP contribution in [0.25, 0.3) is 0 Å². The van der Waals surface area contributed by atoms with Crippen LogP contribution in [0.15, 0.2) is 16.6 Å². The first-order valence-electron chi connectivity index (χ1n) is 5.54. The van der Waals surface area contributed by atoms with Crippen molar-refractivity contribution in [2.24, 2.45) is 0 Å². The molecule has 10 heteroatoms. The van der Waals surface area contributed by atoms with E-state index in [1.165, 1.54) is 12.1 Å². The van der Waals surface area contributed by atoms with Gasteiger partial charge >= 0.3 is 15.6 Å². The number of nitriles is 1. The molecular formula is C11H11BrF3NO3SSi. The van der Waals surface area contributed by atoms with E-state index >= 15 is 0 Å². The molecule has 0 heterocycles. The van der Waals surface area contributed by atoms with Gasteiger partial charge in [-0.2, -0.15) is 26.9 Å². The van der Waals surface area contributed by atoms with E-state index in [1.807, 2.05) is 6.07 Å². The van der Waals surface area contributed by atoms with E-state index in [4.69, 9.17) is 5.26 Å². The van der Waals surface area contributed by atoms with Crippen molar-refractivity contribution in [2.45, 2.75) is 25.1 Å². The Hall–Kier alpha value is -1.05. The third-order valence-corrected chi connectivity index (χ3v) is 5.99. The first-order valence-corrected chi connectivity index (χ1v) is 11.2. The molecule has 0 aliphatic rings. The highest BCUT2D eigenvalue weighted by Gasteiger charge is 2.49. The van der Waals surface area contributed by atoms with Crippen molar-refractivity contribution in [3.8, 4) is 11.8 Å². The van der Waals surface area contributed by atoms with Crippen LogP contribution < -0.4 is 9.37 Å². The molecule has 0 atom stereocenters. The van der Waals surface area contributed by atoms with Gasteiger partial charge in [0.2, 0.25) is 0 Å². The molecule has 21 heavy (non-hydrogen) atoms. The molecule has 0 fully saturated rings. The van der Waals surface area contributed by atoms with Gasteiger partial charge in [-0.25, -0.2) is 0 Å². The quantitative estimate of drug-likeness (QED) is 0.443. The molecule has 0 saturated heterocycles. The third kappa shape index (κ3) is 3.99. The summed E-state index contributed by atoms with van der Waals surface area (Å²) in [5, 5.41) is 9.22. The molecule has 0 aliphatic carbocycles. The second kappa shape index (κ2) is 5.62. The Morgan fingerprint density at radius 2 is 1.81 bits per heavy atom. The van der Waals surface area contributed by atoms with Gasteiger partial charge < -0.3 is 4.18 Å². The molecule has 0 aliphatic heterocycles. The van der Waals surface area contributed by atoms with Crippen LogP contribution in [-0.4, -0.2) is 22.0 Å². The highest BCUT2D eigenvalue weighted by atomic mass is 79.9. The molecule has 0 saturated carbocycles. The maximum atomic E-state index is 12.5. The molecule has 1 rings (SSSR count). The van der Waals surface area contributed by atoms with E-state index < -0.39 is 29.4 Å². The van der Waals surface area contributed by atoms with Gasteiger partial charge in [-0.3, -0.25) is 0 Å². The van der Waals surface area contributed by atoms with Gasteiger partial charge in [0.15, 0.2) is 5.75 Å². The largest absolute Gasteiger partial charge is 0.534 e. The Morgan fingerprint density at radius 1 is 1.29 bits per heavy atom. The molecule has 0 bridgehead atoms. The molecule has 116 valence electrons. The predicted molar refractivity (Wildman–Crippen MR) is 77.4 cm³/mol. The first-order chi connectivity index (χ1) is 9.29. The van der Waals surface area contributed by atoms with Crippen LogP contribution in [0.1, 0.15) is 5.56 Å². The number of alkyl halides is 3. The molecule has 0 unspecified atom stereocenters. The van der Waals surface area contributed by atoms with Crippen LogP contribution in [0.5, 0.6) is 5.75 Å². The number of nitrogens with zero attached hydrogens (tertiary/aromatic N) is 1. The molecule has 0 aromatic heterocycles. The fraction of sp³-hybridized carbons (Fsp3) is 0.364. The minimum Gasteiger partial charge on any atom is -0.375 e. The van der Waals surface area contributed by atoms with Crippen molar-refractivity contribution in [2.75, 3.05) is 0 Å². The van der Waals surface area contributed by atoms with Gasteiger partial charge in [-0.05, 0) is 33.2 Å². The summed E-state index contributed by atoms with van der Waals surface area (Å²) < 4.78 is 64.0. The van der Waals surface area contributed by atoms with Crippen LogP contribution in [0.4, 0.5) is 13.2 Å². The molecule has 0 radical (unpaired) electrons. The van der Waals surface area contributed by atoms with Crippen LogP contribution in [0.2, 0.25) is 19.6 Å². The first kappa shape index (κ1) is 18.0. The van der Waals surface area contributed by atoms with E-state index in [0.717, 1.165) is 0 Å². The molecule has 1 aromatic rings. The highest BCUT2D eigenvalue weighted by molar-refractivity contribution is 9.10. The summed E-state index contributed by atoms with van der Waals surface area (Å²) in [5.74, 6) is -0.412. The van der Waals surface area contributed by atoms with Gasteiger partial charge in [0.05, 0.1) is 24.2 Å². The smallest absolute Gasteiger partial charge is 0.375 e. The Bertz CT molecular complexity index is 705. The maximum absolute atomic E-state index is 12.5. The summed E-state index contributed by atoms with van der Waals surface area (Å²) in [6.45, 7) is 5.38. The summed E-state index contributed by atoms with van der Waals surface area (Å²) in [4.78, 5) is 0. The van der Waals surface area contributed by atoms with E-state index in [-0.39, 0.29) is 10.0 Å². The molecule has 0 amide bonds. The van der Waals surface area contributed by atoms with E-state index in [9.17, 15) is 21.6 Å². The lowest BCUT2D eigenvalue weighted by Crippen LogP contribution is -2.40. The number of hydrogen-bond acceptors (Lipinski definition) is 4. The topological polar surface area (TPSA) is 67.2 Å². The minimum atomic E-state index is -5.77. The van der Waals surface area contributed by atoms with Crippen molar-refractivity contribution in [1.82, 2.24) is 0 Å². The summed E-state index contributed by atoms with van der Waals surface area (Å²) in [5.41, 5.74) is -5.31. The maximum Gasteiger partial charge on any atom is 0.534 e. The second-order valence-electron chi connectivity index (χ2n) is 5.18. The SMILES string of the molecule is C[Si](C)(C)c1cc(C#N)cc(Br)c1OS(=O)(=O)C(F)(F)F. The van der Waals surface area contributed by atoms with Crippen LogP contribution in [0, 0.1) is 11.3 Å².